The zero-order valence-electron chi connectivity index (χ0n) is 13.2. The number of alkyl halides is 3. The molecule has 0 aliphatic carbocycles. The van der Waals surface area contributed by atoms with Crippen LogP contribution in [0, 0.1) is 11.8 Å². The molecule has 0 aromatic heterocycles. The first-order valence-electron chi connectivity index (χ1n) is 7.30. The molecule has 1 N–H and O–H groups in total. The Bertz CT molecular complexity index is 955. The summed E-state index contributed by atoms with van der Waals surface area (Å²) in [7, 11) is -4.54. The Hall–Kier alpha value is -2.79. The van der Waals surface area contributed by atoms with Crippen molar-refractivity contribution >= 4 is 15.8 Å². The second-order valence-electron chi connectivity index (χ2n) is 5.27. The number of carbonyl (C=O) groups is 1. The summed E-state index contributed by atoms with van der Waals surface area (Å²) in [6, 6.07) is 11.5. The lowest BCUT2D eigenvalue weighted by molar-refractivity contribution is -0.138. The lowest BCUT2D eigenvalue weighted by Gasteiger charge is -2.13. The van der Waals surface area contributed by atoms with Gasteiger partial charge in [0.25, 0.3) is 0 Å². The smallest absolute Gasteiger partial charge is 0.416 e. The molecule has 26 heavy (non-hydrogen) atoms. The van der Waals surface area contributed by atoms with E-state index < -0.39 is 44.1 Å². The van der Waals surface area contributed by atoms with Gasteiger partial charge in [-0.15, -0.1) is 0 Å². The van der Waals surface area contributed by atoms with Gasteiger partial charge < -0.3 is 5.11 Å². The van der Waals surface area contributed by atoms with E-state index >= 15 is 0 Å². The van der Waals surface area contributed by atoms with Crippen molar-refractivity contribution in [2.75, 3.05) is 0 Å². The number of carboxylic acids is 1. The van der Waals surface area contributed by atoms with Gasteiger partial charge in [0.15, 0.2) is 15.1 Å². The van der Waals surface area contributed by atoms with E-state index in [1.807, 2.05) is 0 Å². The monoisotopic (exact) mass is 382 g/mol. The van der Waals surface area contributed by atoms with E-state index in [4.69, 9.17) is 0 Å². The zero-order chi connectivity index (χ0) is 19.4. The molecule has 4 nitrogen and oxygen atoms in total. The first-order chi connectivity index (χ1) is 12.1. The number of carboxylic acid groups (broad SMARTS) is 1. The summed E-state index contributed by atoms with van der Waals surface area (Å²) in [5, 5.41) is 7.26. The van der Waals surface area contributed by atoms with Crippen LogP contribution in [0.3, 0.4) is 0 Å². The van der Waals surface area contributed by atoms with Crippen LogP contribution in [-0.4, -0.2) is 24.7 Å². The topological polar surface area (TPSA) is 71.4 Å². The van der Waals surface area contributed by atoms with Crippen LogP contribution in [0.1, 0.15) is 17.5 Å². The number of aliphatic carboxylic acids is 1. The van der Waals surface area contributed by atoms with Crippen LogP contribution in [0.4, 0.5) is 13.2 Å². The van der Waals surface area contributed by atoms with Gasteiger partial charge in [-0.3, -0.25) is 4.79 Å². The highest BCUT2D eigenvalue weighted by Crippen LogP contribution is 2.31. The van der Waals surface area contributed by atoms with Crippen LogP contribution in [0.25, 0.3) is 0 Å². The molecule has 0 heterocycles. The fourth-order valence-corrected chi connectivity index (χ4v) is 3.57. The summed E-state index contributed by atoms with van der Waals surface area (Å²) in [5.41, 5.74) is -0.605. The average Bonchev–Trinajstić information content (AvgIpc) is 2.58. The van der Waals surface area contributed by atoms with Gasteiger partial charge in [-0.25, -0.2) is 8.42 Å². The first kappa shape index (κ1) is 19.5. The van der Waals surface area contributed by atoms with Crippen molar-refractivity contribution < 1.29 is 31.5 Å². The summed E-state index contributed by atoms with van der Waals surface area (Å²) in [4.78, 5) is 10.7. The Kier molecular flexibility index (Phi) is 5.73. The van der Waals surface area contributed by atoms with Gasteiger partial charge in [0.2, 0.25) is 0 Å². The van der Waals surface area contributed by atoms with E-state index in [0.717, 1.165) is 12.1 Å². The van der Waals surface area contributed by atoms with Crippen LogP contribution in [0.5, 0.6) is 0 Å². The third-order valence-electron chi connectivity index (χ3n) is 3.43. The van der Waals surface area contributed by atoms with E-state index in [-0.39, 0.29) is 0 Å². The highest BCUT2D eigenvalue weighted by Gasteiger charge is 2.36. The molecule has 0 aliphatic heterocycles. The number of sulfone groups is 1. The third-order valence-corrected chi connectivity index (χ3v) is 5.46. The lowest BCUT2D eigenvalue weighted by Crippen LogP contribution is -2.30. The summed E-state index contributed by atoms with van der Waals surface area (Å²) >= 11 is 0. The van der Waals surface area contributed by atoms with Crippen LogP contribution >= 0.6 is 0 Å². The minimum absolute atomic E-state index is 0.426. The largest absolute Gasteiger partial charge is 0.480 e. The quantitative estimate of drug-likeness (QED) is 0.823. The van der Waals surface area contributed by atoms with Crippen LogP contribution < -0.4 is 0 Å². The van der Waals surface area contributed by atoms with Crippen molar-refractivity contribution in [3.05, 3.63) is 65.7 Å². The number of hydrogen-bond acceptors (Lipinski definition) is 3. The fourth-order valence-electron chi connectivity index (χ4n) is 2.11. The van der Waals surface area contributed by atoms with Crippen LogP contribution in [0.15, 0.2) is 59.5 Å². The normalized spacial score (nSPS) is 12.7. The molecule has 2 rings (SSSR count). The first-order valence-corrected chi connectivity index (χ1v) is 8.85. The SMILES string of the molecule is O=C(O)C(CC#Cc1ccccc1)S(=O)(=O)c1cccc(C(F)(F)F)c1. The molecule has 0 amide bonds. The third kappa shape index (κ3) is 4.64. The zero-order valence-corrected chi connectivity index (χ0v) is 14.0. The molecule has 2 aromatic carbocycles. The molecule has 0 saturated carbocycles. The molecular weight excluding hydrogens is 369 g/mol. The second-order valence-corrected chi connectivity index (χ2v) is 7.40. The van der Waals surface area contributed by atoms with Crippen molar-refractivity contribution in [1.82, 2.24) is 0 Å². The lowest BCUT2D eigenvalue weighted by atomic mass is 10.2. The Morgan fingerprint density at radius 3 is 2.31 bits per heavy atom. The van der Waals surface area contributed by atoms with Gasteiger partial charge in [0.1, 0.15) is 0 Å². The average molecular weight is 382 g/mol. The van der Waals surface area contributed by atoms with E-state index in [1.54, 1.807) is 30.3 Å². The number of halogens is 3. The van der Waals surface area contributed by atoms with E-state index in [1.165, 1.54) is 0 Å². The summed E-state index contributed by atoms with van der Waals surface area (Å²) in [6.45, 7) is 0. The number of hydrogen-bond donors (Lipinski definition) is 1. The maximum Gasteiger partial charge on any atom is 0.416 e. The number of rotatable bonds is 4. The summed E-state index contributed by atoms with van der Waals surface area (Å²) in [6.07, 6.45) is -5.29. The number of benzene rings is 2. The molecule has 8 heteroatoms. The molecule has 136 valence electrons. The molecule has 2 aromatic rings. The van der Waals surface area contributed by atoms with E-state index in [9.17, 15) is 31.5 Å². The van der Waals surface area contributed by atoms with Crippen LogP contribution in [0.2, 0.25) is 0 Å². The van der Waals surface area contributed by atoms with Gasteiger partial charge in [-0.2, -0.15) is 13.2 Å². The van der Waals surface area contributed by atoms with Crippen molar-refractivity contribution in [3.8, 4) is 11.8 Å². The Labute approximate surface area is 148 Å². The standard InChI is InChI=1S/C18H13F3O4S/c19-18(20,21)14-9-5-10-15(12-14)26(24,25)16(17(22)23)11-4-8-13-6-2-1-3-7-13/h1-3,5-7,9-10,12,16H,11H2,(H,22,23). The maximum atomic E-state index is 12.8. The molecule has 0 aliphatic rings. The molecule has 0 spiro atoms. The molecule has 0 fully saturated rings. The van der Waals surface area contributed by atoms with E-state index in [2.05, 4.69) is 11.8 Å². The van der Waals surface area contributed by atoms with Crippen molar-refractivity contribution in [2.24, 2.45) is 0 Å². The van der Waals surface area contributed by atoms with Gasteiger partial charge in [-0.1, -0.05) is 36.1 Å². The molecule has 0 saturated heterocycles. The Morgan fingerprint density at radius 2 is 1.73 bits per heavy atom. The van der Waals surface area contributed by atoms with Crippen molar-refractivity contribution in [1.29, 1.82) is 0 Å². The van der Waals surface area contributed by atoms with Gasteiger partial charge in [0.05, 0.1) is 10.5 Å². The van der Waals surface area contributed by atoms with E-state index in [0.29, 0.717) is 17.7 Å². The molecule has 1 atom stereocenters. The Morgan fingerprint density at radius 1 is 1.08 bits per heavy atom. The fraction of sp³-hybridized carbons (Fsp3) is 0.167. The summed E-state index contributed by atoms with van der Waals surface area (Å²) < 4.78 is 63.3. The molecular formula is C18H13F3O4S. The predicted octanol–water partition coefficient (Wildman–Crippen LogP) is 3.37. The highest BCUT2D eigenvalue weighted by atomic mass is 32.2. The minimum Gasteiger partial charge on any atom is -0.480 e. The summed E-state index contributed by atoms with van der Waals surface area (Å²) in [5.74, 6) is 3.43. The van der Waals surface area contributed by atoms with Gasteiger partial charge in [0, 0.05) is 12.0 Å². The molecule has 0 radical (unpaired) electrons. The van der Waals surface area contributed by atoms with Gasteiger partial charge in [-0.05, 0) is 30.3 Å². The maximum absolute atomic E-state index is 12.8. The predicted molar refractivity (Wildman–Crippen MR) is 88.0 cm³/mol. The van der Waals surface area contributed by atoms with Crippen molar-refractivity contribution in [2.45, 2.75) is 22.7 Å². The highest BCUT2D eigenvalue weighted by molar-refractivity contribution is 7.92. The van der Waals surface area contributed by atoms with Crippen molar-refractivity contribution in [3.63, 3.8) is 0 Å². The van der Waals surface area contributed by atoms with Crippen LogP contribution in [-0.2, 0) is 20.8 Å². The minimum atomic E-state index is -4.74. The Balaban J connectivity index is 2.34. The molecule has 1 unspecified atom stereocenters. The second kappa shape index (κ2) is 7.62. The van der Waals surface area contributed by atoms with Gasteiger partial charge >= 0.3 is 12.1 Å². The molecule has 0 bridgehead atoms.